The van der Waals surface area contributed by atoms with Crippen molar-refractivity contribution in [2.24, 2.45) is 4.99 Å². The highest BCUT2D eigenvalue weighted by Crippen LogP contribution is 2.25. The maximum absolute atomic E-state index is 11.9. The Kier molecular flexibility index (Phi) is 4.03. The Morgan fingerprint density at radius 1 is 1.29 bits per heavy atom. The second-order valence-electron chi connectivity index (χ2n) is 4.25. The van der Waals surface area contributed by atoms with Crippen LogP contribution in [-0.4, -0.2) is 16.9 Å². The van der Waals surface area contributed by atoms with Gasteiger partial charge in [-0.3, -0.25) is 4.98 Å². The summed E-state index contributed by atoms with van der Waals surface area (Å²) in [6.45, 7) is 0. The van der Waals surface area contributed by atoms with E-state index in [4.69, 9.17) is 16.3 Å². The minimum atomic E-state index is -0.496. The standard InChI is InChI=1S/C15H8ClIN2O2/c16-12-4-3-10(17)7-11(12)14-19-13(15(20)21-14)6-9-2-1-5-18-8-9/h1-8H/b13-6-. The van der Waals surface area contributed by atoms with E-state index in [0.29, 0.717) is 10.6 Å². The number of rotatable bonds is 2. The molecule has 2 aromatic rings. The number of pyridine rings is 1. The molecule has 2 heterocycles. The van der Waals surface area contributed by atoms with Crippen LogP contribution in [0.3, 0.4) is 0 Å². The quantitative estimate of drug-likeness (QED) is 0.431. The molecule has 104 valence electrons. The van der Waals surface area contributed by atoms with Gasteiger partial charge in [-0.1, -0.05) is 17.7 Å². The smallest absolute Gasteiger partial charge is 0.363 e. The van der Waals surface area contributed by atoms with E-state index in [2.05, 4.69) is 32.6 Å². The summed E-state index contributed by atoms with van der Waals surface area (Å²) in [6.07, 6.45) is 4.94. The summed E-state index contributed by atoms with van der Waals surface area (Å²) in [5.74, 6) is -0.276. The molecule has 0 unspecified atom stereocenters. The lowest BCUT2D eigenvalue weighted by Crippen LogP contribution is -2.06. The Balaban J connectivity index is 1.99. The zero-order chi connectivity index (χ0) is 14.8. The van der Waals surface area contributed by atoms with Gasteiger partial charge in [-0.15, -0.1) is 0 Å². The van der Waals surface area contributed by atoms with Gasteiger partial charge >= 0.3 is 5.97 Å². The number of cyclic esters (lactones) is 1. The topological polar surface area (TPSA) is 51.5 Å². The zero-order valence-electron chi connectivity index (χ0n) is 10.6. The number of benzene rings is 1. The molecule has 4 nitrogen and oxygen atoms in total. The SMILES string of the molecule is O=C1OC(c2cc(I)ccc2Cl)=N/C1=C\c1cccnc1. The first-order valence-electron chi connectivity index (χ1n) is 6.01. The van der Waals surface area contributed by atoms with Crippen LogP contribution in [0, 0.1) is 3.57 Å². The van der Waals surface area contributed by atoms with Gasteiger partial charge in [-0.05, 0) is 58.5 Å². The molecular formula is C15H8ClIN2O2. The maximum atomic E-state index is 11.9. The van der Waals surface area contributed by atoms with Crippen molar-refractivity contribution in [3.8, 4) is 0 Å². The predicted molar refractivity (Wildman–Crippen MR) is 89.0 cm³/mol. The van der Waals surface area contributed by atoms with Gasteiger partial charge in [0.05, 0.1) is 10.6 Å². The monoisotopic (exact) mass is 410 g/mol. The molecule has 0 amide bonds. The van der Waals surface area contributed by atoms with Crippen LogP contribution in [0.4, 0.5) is 0 Å². The first kappa shape index (κ1) is 14.2. The zero-order valence-corrected chi connectivity index (χ0v) is 13.5. The fourth-order valence-corrected chi connectivity index (χ4v) is 2.49. The van der Waals surface area contributed by atoms with Gasteiger partial charge in [0, 0.05) is 16.0 Å². The molecule has 0 spiro atoms. The van der Waals surface area contributed by atoms with E-state index in [0.717, 1.165) is 9.13 Å². The van der Waals surface area contributed by atoms with E-state index >= 15 is 0 Å². The molecule has 6 heteroatoms. The summed E-state index contributed by atoms with van der Waals surface area (Å²) in [7, 11) is 0. The highest BCUT2D eigenvalue weighted by Gasteiger charge is 2.25. The van der Waals surface area contributed by atoms with Crippen molar-refractivity contribution in [2.45, 2.75) is 0 Å². The maximum Gasteiger partial charge on any atom is 0.363 e. The van der Waals surface area contributed by atoms with Gasteiger partial charge in [-0.2, -0.15) is 0 Å². The van der Waals surface area contributed by atoms with Crippen LogP contribution in [0.1, 0.15) is 11.1 Å². The van der Waals surface area contributed by atoms with Crippen LogP contribution in [0.5, 0.6) is 0 Å². The third-order valence-electron chi connectivity index (χ3n) is 2.77. The van der Waals surface area contributed by atoms with Crippen LogP contribution in [0.15, 0.2) is 53.4 Å². The van der Waals surface area contributed by atoms with E-state index < -0.39 is 5.97 Å². The molecule has 0 saturated carbocycles. The molecule has 1 aliphatic heterocycles. The van der Waals surface area contributed by atoms with Crippen LogP contribution >= 0.6 is 34.2 Å². The summed E-state index contributed by atoms with van der Waals surface area (Å²) >= 11 is 8.29. The molecule has 1 aromatic heterocycles. The number of esters is 1. The highest BCUT2D eigenvalue weighted by atomic mass is 127. The average molecular weight is 411 g/mol. The highest BCUT2D eigenvalue weighted by molar-refractivity contribution is 14.1. The molecule has 0 N–H and O–H groups in total. The van der Waals surface area contributed by atoms with Crippen molar-refractivity contribution in [2.75, 3.05) is 0 Å². The van der Waals surface area contributed by atoms with Gasteiger partial charge in [0.25, 0.3) is 0 Å². The predicted octanol–water partition coefficient (Wildman–Crippen LogP) is 3.68. The molecule has 21 heavy (non-hydrogen) atoms. The number of hydrogen-bond acceptors (Lipinski definition) is 4. The van der Waals surface area contributed by atoms with E-state index in [1.807, 2.05) is 18.2 Å². The minimum Gasteiger partial charge on any atom is -0.402 e. The van der Waals surface area contributed by atoms with E-state index in [9.17, 15) is 4.79 Å². The van der Waals surface area contributed by atoms with Gasteiger partial charge in [0.2, 0.25) is 5.90 Å². The third-order valence-corrected chi connectivity index (χ3v) is 3.77. The Morgan fingerprint density at radius 2 is 2.14 bits per heavy atom. The minimum absolute atomic E-state index is 0.221. The number of hydrogen-bond donors (Lipinski definition) is 0. The van der Waals surface area contributed by atoms with Crippen LogP contribution in [0.25, 0.3) is 6.08 Å². The number of aromatic nitrogens is 1. The van der Waals surface area contributed by atoms with Crippen LogP contribution in [0.2, 0.25) is 5.02 Å². The molecule has 0 fully saturated rings. The molecule has 0 aliphatic carbocycles. The number of carbonyl (C=O) groups is 1. The molecule has 3 rings (SSSR count). The lowest BCUT2D eigenvalue weighted by Gasteiger charge is -2.02. The summed E-state index contributed by atoms with van der Waals surface area (Å²) < 4.78 is 6.18. The van der Waals surface area contributed by atoms with E-state index in [1.165, 1.54) is 0 Å². The van der Waals surface area contributed by atoms with Gasteiger partial charge in [0.15, 0.2) is 5.70 Å². The average Bonchev–Trinajstić information content (AvgIpc) is 2.84. The Morgan fingerprint density at radius 3 is 2.90 bits per heavy atom. The number of nitrogens with zero attached hydrogens (tertiary/aromatic N) is 2. The fraction of sp³-hybridized carbons (Fsp3) is 0. The lowest BCUT2D eigenvalue weighted by molar-refractivity contribution is -0.129. The second kappa shape index (κ2) is 5.95. The first-order valence-corrected chi connectivity index (χ1v) is 7.47. The summed E-state index contributed by atoms with van der Waals surface area (Å²) in [5, 5.41) is 0.490. The van der Waals surface area contributed by atoms with Gasteiger partial charge in [0.1, 0.15) is 0 Å². The van der Waals surface area contributed by atoms with Gasteiger partial charge < -0.3 is 4.74 Å². The van der Waals surface area contributed by atoms with E-state index in [1.54, 1.807) is 30.6 Å². The number of aliphatic imine (C=N–C) groups is 1. The molecule has 1 aliphatic rings. The van der Waals surface area contributed by atoms with Crippen molar-refractivity contribution in [3.05, 3.63) is 68.1 Å². The number of ether oxygens (including phenoxy) is 1. The summed E-state index contributed by atoms with van der Waals surface area (Å²) in [4.78, 5) is 20.1. The third kappa shape index (κ3) is 3.14. The molecule has 0 radical (unpaired) electrons. The Bertz CT molecular complexity index is 772. The summed E-state index contributed by atoms with van der Waals surface area (Å²) in [5.41, 5.74) is 1.61. The van der Waals surface area contributed by atoms with Crippen molar-refractivity contribution in [1.82, 2.24) is 4.98 Å². The number of carbonyl (C=O) groups excluding carboxylic acids is 1. The van der Waals surface area contributed by atoms with Crippen molar-refractivity contribution in [3.63, 3.8) is 0 Å². The molecule has 0 bridgehead atoms. The largest absolute Gasteiger partial charge is 0.402 e. The Labute approximate surface area is 139 Å². The second-order valence-corrected chi connectivity index (χ2v) is 5.90. The van der Waals surface area contributed by atoms with Gasteiger partial charge in [-0.25, -0.2) is 9.79 Å². The lowest BCUT2D eigenvalue weighted by atomic mass is 10.2. The molecule has 0 saturated heterocycles. The fourth-order valence-electron chi connectivity index (χ4n) is 1.80. The van der Waals surface area contributed by atoms with E-state index in [-0.39, 0.29) is 11.6 Å². The van der Waals surface area contributed by atoms with Crippen LogP contribution in [-0.2, 0) is 9.53 Å². The molecule has 0 atom stereocenters. The normalized spacial score (nSPS) is 16.0. The van der Waals surface area contributed by atoms with Crippen molar-refractivity contribution < 1.29 is 9.53 Å². The molecular weight excluding hydrogens is 403 g/mol. The first-order chi connectivity index (χ1) is 10.1. The summed E-state index contributed by atoms with van der Waals surface area (Å²) in [6, 6.07) is 9.06. The Hall–Kier alpha value is -1.73. The van der Waals surface area contributed by atoms with Crippen molar-refractivity contribution >= 4 is 52.1 Å². The van der Waals surface area contributed by atoms with Crippen molar-refractivity contribution in [1.29, 1.82) is 0 Å². The number of halogens is 2. The van der Waals surface area contributed by atoms with Crippen LogP contribution < -0.4 is 0 Å². The molecule has 1 aromatic carbocycles.